The van der Waals surface area contributed by atoms with Crippen LogP contribution in [-0.4, -0.2) is 43.4 Å². The van der Waals surface area contributed by atoms with Crippen LogP contribution in [-0.2, 0) is 4.74 Å². The van der Waals surface area contributed by atoms with E-state index in [-0.39, 0.29) is 5.54 Å². The highest BCUT2D eigenvalue weighted by Gasteiger charge is 2.61. The van der Waals surface area contributed by atoms with Crippen molar-refractivity contribution in [2.24, 2.45) is 5.41 Å². The Morgan fingerprint density at radius 1 is 1.50 bits per heavy atom. The lowest BCUT2D eigenvalue weighted by molar-refractivity contribution is 0.0649. The van der Waals surface area contributed by atoms with Crippen molar-refractivity contribution in [3.63, 3.8) is 0 Å². The maximum absolute atomic E-state index is 13.4. The molecule has 0 amide bonds. The second-order valence-corrected chi connectivity index (χ2v) is 5.52. The lowest BCUT2D eigenvalue weighted by Crippen LogP contribution is -2.42. The van der Waals surface area contributed by atoms with Crippen LogP contribution in [0.5, 0.6) is 0 Å². The Labute approximate surface area is 84.4 Å². The quantitative estimate of drug-likeness (QED) is 0.669. The Morgan fingerprint density at radius 3 is 2.93 bits per heavy atom. The molecule has 2 nitrogen and oxygen atoms in total. The van der Waals surface area contributed by atoms with Crippen molar-refractivity contribution >= 4 is 0 Å². The van der Waals surface area contributed by atoms with Gasteiger partial charge in [-0.3, -0.25) is 4.90 Å². The monoisotopic (exact) mass is 199 g/mol. The van der Waals surface area contributed by atoms with E-state index in [4.69, 9.17) is 4.74 Å². The van der Waals surface area contributed by atoms with Crippen molar-refractivity contribution < 1.29 is 9.13 Å². The Hall–Kier alpha value is -0.150. The zero-order valence-electron chi connectivity index (χ0n) is 8.76. The average Bonchev–Trinajstić information content (AvgIpc) is 2.67. The number of halogens is 1. The van der Waals surface area contributed by atoms with Crippen LogP contribution >= 0.6 is 0 Å². The number of methoxy groups -OCH3 is 1. The van der Waals surface area contributed by atoms with Crippen LogP contribution in [0, 0.1) is 5.41 Å². The van der Waals surface area contributed by atoms with E-state index in [1.54, 1.807) is 7.11 Å². The molecule has 0 N–H and O–H groups in total. The van der Waals surface area contributed by atoms with E-state index < -0.39 is 6.17 Å². The van der Waals surface area contributed by atoms with Gasteiger partial charge in [-0.05, 0) is 24.7 Å². The minimum atomic E-state index is -0.624. The predicted molar refractivity (Wildman–Crippen MR) is 52.0 cm³/mol. The van der Waals surface area contributed by atoms with E-state index in [0.717, 1.165) is 13.2 Å². The van der Waals surface area contributed by atoms with Gasteiger partial charge in [-0.15, -0.1) is 0 Å². The van der Waals surface area contributed by atoms with Crippen LogP contribution in [0.4, 0.5) is 4.39 Å². The van der Waals surface area contributed by atoms with Gasteiger partial charge < -0.3 is 4.74 Å². The van der Waals surface area contributed by atoms with E-state index in [1.165, 1.54) is 19.3 Å². The summed E-state index contributed by atoms with van der Waals surface area (Å²) in [6.07, 6.45) is 3.95. The molecular weight excluding hydrogens is 181 g/mol. The summed E-state index contributed by atoms with van der Waals surface area (Å²) in [6, 6.07) is 0. The summed E-state index contributed by atoms with van der Waals surface area (Å²) in [5, 5.41) is 0. The summed E-state index contributed by atoms with van der Waals surface area (Å²) in [6.45, 7) is 2.48. The van der Waals surface area contributed by atoms with Crippen LogP contribution in [0.3, 0.4) is 0 Å². The Morgan fingerprint density at radius 2 is 2.29 bits per heavy atom. The van der Waals surface area contributed by atoms with E-state index in [9.17, 15) is 4.39 Å². The molecule has 0 aromatic rings. The molecule has 3 rings (SSSR count). The van der Waals surface area contributed by atoms with Crippen molar-refractivity contribution in [2.45, 2.75) is 37.4 Å². The molecule has 80 valence electrons. The van der Waals surface area contributed by atoms with Crippen LogP contribution in [0.15, 0.2) is 0 Å². The zero-order chi connectivity index (χ0) is 9.81. The van der Waals surface area contributed by atoms with Crippen molar-refractivity contribution in [2.75, 3.05) is 26.8 Å². The van der Waals surface area contributed by atoms with Crippen LogP contribution in [0.2, 0.25) is 0 Å². The molecule has 14 heavy (non-hydrogen) atoms. The molecule has 2 atom stereocenters. The molecular formula is C11H18FNO. The van der Waals surface area contributed by atoms with E-state index in [2.05, 4.69) is 4.90 Å². The first-order chi connectivity index (χ1) is 6.68. The largest absolute Gasteiger partial charge is 0.383 e. The molecule has 3 fully saturated rings. The molecule has 1 spiro atoms. The highest BCUT2D eigenvalue weighted by Crippen LogP contribution is 2.60. The molecule has 0 unspecified atom stereocenters. The van der Waals surface area contributed by atoms with Gasteiger partial charge in [-0.1, -0.05) is 0 Å². The maximum Gasteiger partial charge on any atom is 0.115 e. The molecule has 0 bridgehead atoms. The summed E-state index contributed by atoms with van der Waals surface area (Å²) in [5.74, 6) is 0. The molecule has 0 aromatic carbocycles. The third-order valence-electron chi connectivity index (χ3n) is 4.29. The number of rotatable bonds is 2. The highest BCUT2D eigenvalue weighted by atomic mass is 19.1. The lowest BCUT2D eigenvalue weighted by Gasteiger charge is -2.30. The van der Waals surface area contributed by atoms with Gasteiger partial charge >= 0.3 is 0 Å². The SMILES string of the molecule is COC[C@]12C[C@@H](F)CN1CC1(CC1)C2. The summed E-state index contributed by atoms with van der Waals surface area (Å²) < 4.78 is 18.7. The summed E-state index contributed by atoms with van der Waals surface area (Å²) >= 11 is 0. The van der Waals surface area contributed by atoms with Gasteiger partial charge in [0.05, 0.1) is 6.61 Å². The standard InChI is InChI=1S/C11H18FNO/c1-14-8-11-4-9(12)5-13(11)7-10(6-11)2-3-10/h9H,2-8H2,1H3/t9-,11-/m1/s1. The minimum Gasteiger partial charge on any atom is -0.383 e. The van der Waals surface area contributed by atoms with Gasteiger partial charge in [0, 0.05) is 32.2 Å². The smallest absolute Gasteiger partial charge is 0.115 e. The predicted octanol–water partition coefficient (Wildman–Crippen LogP) is 1.60. The van der Waals surface area contributed by atoms with E-state index >= 15 is 0 Å². The first-order valence-electron chi connectivity index (χ1n) is 5.56. The van der Waals surface area contributed by atoms with Crippen LogP contribution in [0.25, 0.3) is 0 Å². The van der Waals surface area contributed by atoms with Gasteiger partial charge in [0.2, 0.25) is 0 Å². The third-order valence-corrected chi connectivity index (χ3v) is 4.29. The van der Waals surface area contributed by atoms with Crippen molar-refractivity contribution in [1.29, 1.82) is 0 Å². The first-order valence-corrected chi connectivity index (χ1v) is 5.56. The molecule has 0 radical (unpaired) electrons. The van der Waals surface area contributed by atoms with Crippen molar-refractivity contribution in [1.82, 2.24) is 4.90 Å². The number of fused-ring (bicyclic) bond motifs is 1. The van der Waals surface area contributed by atoms with E-state index in [1.807, 2.05) is 0 Å². The van der Waals surface area contributed by atoms with Gasteiger partial charge in [0.25, 0.3) is 0 Å². The highest BCUT2D eigenvalue weighted by molar-refractivity contribution is 5.15. The van der Waals surface area contributed by atoms with Crippen molar-refractivity contribution in [3.8, 4) is 0 Å². The fourth-order valence-corrected chi connectivity index (χ4v) is 3.60. The summed E-state index contributed by atoms with van der Waals surface area (Å²) in [4.78, 5) is 2.36. The number of hydrogen-bond donors (Lipinski definition) is 0. The lowest BCUT2D eigenvalue weighted by atomic mass is 9.89. The third kappa shape index (κ3) is 1.15. The minimum absolute atomic E-state index is 0.0602. The average molecular weight is 199 g/mol. The zero-order valence-corrected chi connectivity index (χ0v) is 8.76. The van der Waals surface area contributed by atoms with Gasteiger partial charge in [0.15, 0.2) is 0 Å². The molecule has 2 saturated heterocycles. The fraction of sp³-hybridized carbons (Fsp3) is 1.00. The van der Waals surface area contributed by atoms with Crippen LogP contribution in [0.1, 0.15) is 25.7 Å². The van der Waals surface area contributed by atoms with Gasteiger partial charge in [-0.25, -0.2) is 4.39 Å². The second-order valence-electron chi connectivity index (χ2n) is 5.52. The van der Waals surface area contributed by atoms with Gasteiger partial charge in [0.1, 0.15) is 6.17 Å². The Kier molecular flexibility index (Phi) is 1.76. The summed E-state index contributed by atoms with van der Waals surface area (Å²) in [5.41, 5.74) is 0.628. The van der Waals surface area contributed by atoms with Crippen molar-refractivity contribution in [3.05, 3.63) is 0 Å². The molecule has 2 heterocycles. The number of ether oxygens (including phenoxy) is 1. The molecule has 3 aliphatic rings. The molecule has 0 aromatic heterocycles. The first kappa shape index (κ1) is 9.10. The molecule has 3 heteroatoms. The number of nitrogens with zero attached hydrogens (tertiary/aromatic N) is 1. The summed E-state index contributed by atoms with van der Waals surface area (Å²) in [7, 11) is 1.73. The van der Waals surface area contributed by atoms with Gasteiger partial charge in [-0.2, -0.15) is 0 Å². The second kappa shape index (κ2) is 2.70. The van der Waals surface area contributed by atoms with Crippen LogP contribution < -0.4 is 0 Å². The molecule has 1 aliphatic carbocycles. The molecule has 1 saturated carbocycles. The Bertz CT molecular complexity index is 254. The topological polar surface area (TPSA) is 12.5 Å². The fourth-order valence-electron chi connectivity index (χ4n) is 3.60. The normalized spacial score (nSPS) is 44.6. The van der Waals surface area contributed by atoms with E-state index in [0.29, 0.717) is 18.4 Å². The maximum atomic E-state index is 13.4. The Balaban J connectivity index is 1.82. The molecule has 2 aliphatic heterocycles. The number of hydrogen-bond acceptors (Lipinski definition) is 2. The number of alkyl halides is 1.